The molecule has 0 heterocycles. The van der Waals surface area contributed by atoms with E-state index >= 15 is 0 Å². The first-order valence-electron chi connectivity index (χ1n) is 4.36. The molecule has 0 aliphatic rings. The Morgan fingerprint density at radius 2 is 2.20 bits per heavy atom. The Hall–Kier alpha value is -1.16. The summed E-state index contributed by atoms with van der Waals surface area (Å²) in [6.45, 7) is 1.61. The molecule has 1 aromatic rings. The summed E-state index contributed by atoms with van der Waals surface area (Å²) in [5, 5.41) is 2.32. The van der Waals surface area contributed by atoms with Crippen molar-refractivity contribution >= 4 is 23.2 Å². The van der Waals surface area contributed by atoms with Crippen molar-refractivity contribution in [2.45, 2.75) is 6.92 Å². The number of rotatable bonds is 3. The maximum absolute atomic E-state index is 13.1. The van der Waals surface area contributed by atoms with Crippen LogP contribution < -0.4 is 5.32 Å². The molecule has 2 nitrogen and oxygen atoms in total. The highest BCUT2D eigenvalue weighted by Gasteiger charge is 2.13. The largest absolute Gasteiger partial charge is 0.323 e. The SMILES string of the molecule is CC(CCl)C(=O)Nc1ccc(F)cc1F. The Labute approximate surface area is 91.2 Å². The molecule has 5 heteroatoms. The summed E-state index contributed by atoms with van der Waals surface area (Å²) in [7, 11) is 0. The van der Waals surface area contributed by atoms with Gasteiger partial charge in [0, 0.05) is 17.9 Å². The number of benzene rings is 1. The standard InChI is InChI=1S/C10H10ClF2NO/c1-6(5-11)10(15)14-9-3-2-7(12)4-8(9)13/h2-4,6H,5H2,1H3,(H,14,15). The maximum Gasteiger partial charge on any atom is 0.228 e. The van der Waals surface area contributed by atoms with Gasteiger partial charge in [0.05, 0.1) is 5.69 Å². The summed E-state index contributed by atoms with van der Waals surface area (Å²) in [6, 6.07) is 2.95. The van der Waals surface area contributed by atoms with Gasteiger partial charge in [0.25, 0.3) is 0 Å². The number of hydrogen-bond donors (Lipinski definition) is 1. The molecule has 0 aliphatic heterocycles. The second-order valence-corrected chi connectivity index (χ2v) is 3.48. The van der Waals surface area contributed by atoms with Gasteiger partial charge in [0.1, 0.15) is 11.6 Å². The molecule has 1 amide bonds. The van der Waals surface area contributed by atoms with Crippen molar-refractivity contribution < 1.29 is 13.6 Å². The van der Waals surface area contributed by atoms with Gasteiger partial charge >= 0.3 is 0 Å². The van der Waals surface area contributed by atoms with E-state index < -0.39 is 23.5 Å². The van der Waals surface area contributed by atoms with Crippen LogP contribution in [0.15, 0.2) is 18.2 Å². The summed E-state index contributed by atoms with van der Waals surface area (Å²) < 4.78 is 25.6. The van der Waals surface area contributed by atoms with Crippen LogP contribution in [0.4, 0.5) is 14.5 Å². The first-order valence-corrected chi connectivity index (χ1v) is 4.90. The normalized spacial score (nSPS) is 12.3. The number of anilines is 1. The first-order chi connectivity index (χ1) is 7.04. The minimum atomic E-state index is -0.801. The number of carbonyl (C=O) groups is 1. The third kappa shape index (κ3) is 3.16. The molecule has 15 heavy (non-hydrogen) atoms. The topological polar surface area (TPSA) is 29.1 Å². The van der Waals surface area contributed by atoms with Crippen molar-refractivity contribution in [1.82, 2.24) is 0 Å². The minimum absolute atomic E-state index is 0.0432. The lowest BCUT2D eigenvalue weighted by atomic mass is 10.2. The molecule has 1 rings (SSSR count). The molecule has 1 aromatic carbocycles. The van der Waals surface area contributed by atoms with E-state index in [1.165, 1.54) is 6.07 Å². The van der Waals surface area contributed by atoms with E-state index in [1.54, 1.807) is 6.92 Å². The summed E-state index contributed by atoms with van der Waals surface area (Å²) >= 11 is 5.46. The predicted octanol–water partition coefficient (Wildman–Crippen LogP) is 2.78. The van der Waals surface area contributed by atoms with E-state index in [1.807, 2.05) is 0 Å². The van der Waals surface area contributed by atoms with Crippen LogP contribution in [-0.2, 0) is 4.79 Å². The second kappa shape index (κ2) is 5.07. The second-order valence-electron chi connectivity index (χ2n) is 3.17. The number of nitrogens with one attached hydrogen (secondary N) is 1. The van der Waals surface area contributed by atoms with Gasteiger partial charge in [-0.25, -0.2) is 8.78 Å². The lowest BCUT2D eigenvalue weighted by Crippen LogP contribution is -2.22. The molecule has 0 radical (unpaired) electrons. The van der Waals surface area contributed by atoms with Crippen molar-refractivity contribution in [1.29, 1.82) is 0 Å². The molecule has 1 unspecified atom stereocenters. The molecule has 0 fully saturated rings. The highest BCUT2D eigenvalue weighted by atomic mass is 35.5. The fraction of sp³-hybridized carbons (Fsp3) is 0.300. The van der Waals surface area contributed by atoms with Gasteiger partial charge in [-0.2, -0.15) is 0 Å². The summed E-state index contributed by atoms with van der Waals surface area (Å²) in [6.07, 6.45) is 0. The van der Waals surface area contributed by atoms with Gasteiger partial charge in [0.15, 0.2) is 0 Å². The van der Waals surface area contributed by atoms with Crippen LogP contribution in [0.3, 0.4) is 0 Å². The van der Waals surface area contributed by atoms with Crippen LogP contribution in [-0.4, -0.2) is 11.8 Å². The van der Waals surface area contributed by atoms with Crippen molar-refractivity contribution in [3.63, 3.8) is 0 Å². The summed E-state index contributed by atoms with van der Waals surface area (Å²) in [5.74, 6) is -2.15. The average Bonchev–Trinajstić information content (AvgIpc) is 2.20. The molecule has 82 valence electrons. The van der Waals surface area contributed by atoms with E-state index in [-0.39, 0.29) is 11.6 Å². The minimum Gasteiger partial charge on any atom is -0.323 e. The molecule has 0 saturated heterocycles. The van der Waals surface area contributed by atoms with Crippen LogP contribution in [0.5, 0.6) is 0 Å². The van der Waals surface area contributed by atoms with Gasteiger partial charge in [-0.15, -0.1) is 11.6 Å². The zero-order valence-electron chi connectivity index (χ0n) is 8.06. The van der Waals surface area contributed by atoms with E-state index in [4.69, 9.17) is 11.6 Å². The van der Waals surface area contributed by atoms with Crippen molar-refractivity contribution in [2.75, 3.05) is 11.2 Å². The molecule has 0 bridgehead atoms. The molecule has 0 spiro atoms. The fourth-order valence-electron chi connectivity index (χ4n) is 0.917. The first kappa shape index (κ1) is 11.9. The van der Waals surface area contributed by atoms with Crippen molar-refractivity contribution in [3.05, 3.63) is 29.8 Å². The summed E-state index contributed by atoms with van der Waals surface area (Å²) in [5.41, 5.74) is -0.0432. The maximum atomic E-state index is 13.1. The zero-order chi connectivity index (χ0) is 11.4. The Morgan fingerprint density at radius 3 is 2.73 bits per heavy atom. The van der Waals surface area contributed by atoms with Crippen LogP contribution in [0.25, 0.3) is 0 Å². The zero-order valence-corrected chi connectivity index (χ0v) is 8.81. The molecular formula is C10H10ClF2NO. The van der Waals surface area contributed by atoms with Gasteiger partial charge < -0.3 is 5.32 Å². The van der Waals surface area contributed by atoms with Crippen LogP contribution in [0, 0.1) is 17.6 Å². The van der Waals surface area contributed by atoms with Crippen LogP contribution in [0.1, 0.15) is 6.92 Å². The van der Waals surface area contributed by atoms with E-state index in [0.717, 1.165) is 6.07 Å². The molecule has 0 aromatic heterocycles. The summed E-state index contributed by atoms with van der Waals surface area (Å²) in [4.78, 5) is 11.3. The predicted molar refractivity (Wildman–Crippen MR) is 54.9 cm³/mol. The third-order valence-corrected chi connectivity index (χ3v) is 2.33. The lowest BCUT2D eigenvalue weighted by molar-refractivity contribution is -0.118. The van der Waals surface area contributed by atoms with E-state index in [0.29, 0.717) is 6.07 Å². The number of halogens is 3. The fourth-order valence-corrected chi connectivity index (χ4v) is 1.06. The number of amides is 1. The smallest absolute Gasteiger partial charge is 0.228 e. The monoisotopic (exact) mass is 233 g/mol. The van der Waals surface area contributed by atoms with Gasteiger partial charge in [-0.1, -0.05) is 6.92 Å². The number of alkyl halides is 1. The van der Waals surface area contributed by atoms with E-state index in [2.05, 4.69) is 5.32 Å². The van der Waals surface area contributed by atoms with Crippen LogP contribution >= 0.6 is 11.6 Å². The molecule has 1 atom stereocenters. The highest BCUT2D eigenvalue weighted by molar-refractivity contribution is 6.19. The molecule has 0 saturated carbocycles. The van der Waals surface area contributed by atoms with Gasteiger partial charge in [-0.3, -0.25) is 4.79 Å². The highest BCUT2D eigenvalue weighted by Crippen LogP contribution is 2.16. The van der Waals surface area contributed by atoms with Crippen molar-refractivity contribution in [2.24, 2.45) is 5.92 Å². The average molecular weight is 234 g/mol. The molecular weight excluding hydrogens is 224 g/mol. The Kier molecular flexibility index (Phi) is 4.03. The number of hydrogen-bond acceptors (Lipinski definition) is 1. The third-order valence-electron chi connectivity index (χ3n) is 1.87. The molecule has 0 aliphatic carbocycles. The van der Waals surface area contributed by atoms with E-state index in [9.17, 15) is 13.6 Å². The van der Waals surface area contributed by atoms with Gasteiger partial charge in [0.2, 0.25) is 5.91 Å². The quantitative estimate of drug-likeness (QED) is 0.800. The lowest BCUT2D eigenvalue weighted by Gasteiger charge is -2.09. The number of carbonyl (C=O) groups excluding carboxylic acids is 1. The van der Waals surface area contributed by atoms with Crippen LogP contribution in [0.2, 0.25) is 0 Å². The Morgan fingerprint density at radius 1 is 1.53 bits per heavy atom. The Balaban J connectivity index is 2.77. The van der Waals surface area contributed by atoms with Gasteiger partial charge in [-0.05, 0) is 12.1 Å². The Bertz CT molecular complexity index is 370. The van der Waals surface area contributed by atoms with Crippen molar-refractivity contribution in [3.8, 4) is 0 Å². The molecule has 1 N–H and O–H groups in total.